The van der Waals surface area contributed by atoms with E-state index in [-0.39, 0.29) is 29.1 Å². The van der Waals surface area contributed by atoms with E-state index in [0.717, 1.165) is 47.5 Å². The molecule has 0 unspecified atom stereocenters. The fourth-order valence-corrected chi connectivity index (χ4v) is 6.93. The van der Waals surface area contributed by atoms with Crippen LogP contribution in [0, 0.1) is 6.92 Å². The van der Waals surface area contributed by atoms with Crippen LogP contribution in [0.5, 0.6) is 11.5 Å². The van der Waals surface area contributed by atoms with Gasteiger partial charge in [-0.1, -0.05) is 62.1 Å². The van der Waals surface area contributed by atoms with Crippen molar-refractivity contribution in [1.29, 1.82) is 0 Å². The second-order valence-electron chi connectivity index (χ2n) is 11.2. The van der Waals surface area contributed by atoms with Gasteiger partial charge in [0.25, 0.3) is 10.0 Å². The zero-order valence-electron chi connectivity index (χ0n) is 26.0. The second-order valence-corrected chi connectivity index (χ2v) is 13.0. The number of ether oxygens (including phenoxy) is 2. The zero-order chi connectivity index (χ0) is 31.7. The Morgan fingerprint density at radius 3 is 2.18 bits per heavy atom. The zero-order valence-corrected chi connectivity index (χ0v) is 26.8. The van der Waals surface area contributed by atoms with Gasteiger partial charge < -0.3 is 19.7 Å². The number of hydrogen-bond donors (Lipinski definition) is 1. The number of hydrogen-bond acceptors (Lipinski definition) is 6. The smallest absolute Gasteiger partial charge is 0.264 e. The number of carbonyl (C=O) groups excluding carboxylic acids is 2. The first kappa shape index (κ1) is 32.9. The summed E-state index contributed by atoms with van der Waals surface area (Å²) in [7, 11) is -1.09. The van der Waals surface area contributed by atoms with E-state index >= 15 is 0 Å². The number of benzene rings is 3. The number of carbonyl (C=O) groups is 2. The average Bonchev–Trinajstić information content (AvgIpc) is 3.04. The molecule has 4 rings (SSSR count). The minimum atomic E-state index is -4.17. The van der Waals surface area contributed by atoms with E-state index in [4.69, 9.17) is 9.47 Å². The number of sulfonamides is 1. The molecule has 0 bridgehead atoms. The molecule has 0 aliphatic heterocycles. The predicted octanol–water partition coefficient (Wildman–Crippen LogP) is 5.46. The fourth-order valence-electron chi connectivity index (χ4n) is 5.52. The van der Waals surface area contributed by atoms with E-state index in [9.17, 15) is 18.0 Å². The Morgan fingerprint density at radius 1 is 0.909 bits per heavy atom. The van der Waals surface area contributed by atoms with Crippen molar-refractivity contribution >= 4 is 27.5 Å². The van der Waals surface area contributed by atoms with Crippen LogP contribution in [0.2, 0.25) is 0 Å². The summed E-state index contributed by atoms with van der Waals surface area (Å²) in [6.45, 7) is 3.35. The molecule has 3 aromatic carbocycles. The van der Waals surface area contributed by atoms with E-state index in [1.54, 1.807) is 55.6 Å². The van der Waals surface area contributed by atoms with Crippen LogP contribution in [0.4, 0.5) is 5.69 Å². The molecule has 0 radical (unpaired) electrons. The van der Waals surface area contributed by atoms with Crippen molar-refractivity contribution in [2.24, 2.45) is 0 Å². The molecule has 1 N–H and O–H groups in total. The van der Waals surface area contributed by atoms with Gasteiger partial charge >= 0.3 is 0 Å². The van der Waals surface area contributed by atoms with Crippen molar-refractivity contribution in [2.45, 2.75) is 75.9 Å². The molecule has 3 aromatic rings. The maximum Gasteiger partial charge on any atom is 0.264 e. The monoisotopic (exact) mass is 621 g/mol. The highest BCUT2D eigenvalue weighted by molar-refractivity contribution is 7.92. The van der Waals surface area contributed by atoms with Gasteiger partial charge in [-0.05, 0) is 68.1 Å². The molecule has 44 heavy (non-hydrogen) atoms. The number of rotatable bonds is 13. The molecule has 2 amide bonds. The van der Waals surface area contributed by atoms with Crippen LogP contribution in [-0.2, 0) is 26.2 Å². The molecule has 0 heterocycles. The third-order valence-electron chi connectivity index (χ3n) is 8.08. The van der Waals surface area contributed by atoms with Gasteiger partial charge in [-0.2, -0.15) is 0 Å². The van der Waals surface area contributed by atoms with E-state index in [2.05, 4.69) is 5.32 Å². The molecule has 1 atom stereocenters. The van der Waals surface area contributed by atoms with Crippen LogP contribution in [0.15, 0.2) is 77.7 Å². The summed E-state index contributed by atoms with van der Waals surface area (Å²) in [5.74, 6) is 0.398. The number of aryl methyl sites for hydroxylation is 1. The van der Waals surface area contributed by atoms with Crippen molar-refractivity contribution in [3.05, 3.63) is 83.9 Å². The lowest BCUT2D eigenvalue weighted by atomic mass is 9.95. The number of nitrogens with one attached hydrogen (secondary N) is 1. The summed E-state index contributed by atoms with van der Waals surface area (Å²) in [4.78, 5) is 29.6. The summed E-state index contributed by atoms with van der Waals surface area (Å²) >= 11 is 0. The van der Waals surface area contributed by atoms with Crippen LogP contribution < -0.4 is 19.1 Å². The highest BCUT2D eigenvalue weighted by atomic mass is 32.2. The Bertz CT molecular complexity index is 1500. The molecular weight excluding hydrogens is 578 g/mol. The van der Waals surface area contributed by atoms with Gasteiger partial charge in [-0.25, -0.2) is 8.42 Å². The van der Waals surface area contributed by atoms with E-state index in [1.807, 2.05) is 26.0 Å². The summed E-state index contributed by atoms with van der Waals surface area (Å²) in [6.07, 6.45) is 5.46. The van der Waals surface area contributed by atoms with Gasteiger partial charge in [-0.3, -0.25) is 13.9 Å². The summed E-state index contributed by atoms with van der Waals surface area (Å²) < 4.78 is 39.9. The molecule has 1 saturated carbocycles. The third-order valence-corrected chi connectivity index (χ3v) is 9.87. The minimum absolute atomic E-state index is 0.0579. The molecule has 0 spiro atoms. The van der Waals surface area contributed by atoms with E-state index in [1.165, 1.54) is 24.1 Å². The lowest BCUT2D eigenvalue weighted by Gasteiger charge is -2.34. The maximum absolute atomic E-state index is 14.3. The Balaban J connectivity index is 1.72. The first-order valence-electron chi connectivity index (χ1n) is 15.1. The fraction of sp³-hybridized carbons (Fsp3) is 0.412. The molecule has 1 aliphatic rings. The van der Waals surface area contributed by atoms with Crippen LogP contribution in [-0.4, -0.2) is 58.0 Å². The SMILES string of the molecule is CC[C@H](C(=O)NC1CCCCC1)N(Cc1ccc(OC)cc1)C(=O)CN(c1cccc(OC)c1)S(=O)(=O)c1ccc(C)cc1. The van der Waals surface area contributed by atoms with Crippen molar-refractivity contribution in [1.82, 2.24) is 10.2 Å². The predicted molar refractivity (Wildman–Crippen MR) is 171 cm³/mol. The molecule has 10 heteroatoms. The van der Waals surface area contributed by atoms with Crippen LogP contribution in [0.3, 0.4) is 0 Å². The topological polar surface area (TPSA) is 105 Å². The first-order valence-corrected chi connectivity index (χ1v) is 16.6. The minimum Gasteiger partial charge on any atom is -0.497 e. The molecule has 0 aromatic heterocycles. The van der Waals surface area contributed by atoms with Gasteiger partial charge in [0.15, 0.2) is 0 Å². The van der Waals surface area contributed by atoms with Crippen LogP contribution in [0.1, 0.15) is 56.6 Å². The van der Waals surface area contributed by atoms with Crippen LogP contribution >= 0.6 is 0 Å². The highest BCUT2D eigenvalue weighted by Crippen LogP contribution is 2.28. The molecular formula is C34H43N3O6S. The van der Waals surface area contributed by atoms with Gasteiger partial charge in [0.05, 0.1) is 24.8 Å². The normalized spacial score (nSPS) is 14.4. The van der Waals surface area contributed by atoms with Crippen molar-refractivity contribution in [3.8, 4) is 11.5 Å². The van der Waals surface area contributed by atoms with Gasteiger partial charge in [0.2, 0.25) is 11.8 Å². The largest absolute Gasteiger partial charge is 0.497 e. The van der Waals surface area contributed by atoms with Crippen LogP contribution in [0.25, 0.3) is 0 Å². The third kappa shape index (κ3) is 8.11. The number of methoxy groups -OCH3 is 2. The van der Waals surface area contributed by atoms with Gasteiger partial charge in [-0.15, -0.1) is 0 Å². The highest BCUT2D eigenvalue weighted by Gasteiger charge is 2.34. The first-order chi connectivity index (χ1) is 21.2. The molecule has 1 fully saturated rings. The molecule has 1 aliphatic carbocycles. The standard InChI is InChI=1S/C34H43N3O6S/c1-5-32(34(39)35-27-10-7-6-8-11-27)36(23-26-16-18-29(42-3)19-17-26)33(38)24-37(28-12-9-13-30(22-28)43-4)44(40,41)31-20-14-25(2)15-21-31/h9,12-22,27,32H,5-8,10-11,23-24H2,1-4H3,(H,35,39)/t32-/m1/s1. The van der Waals surface area contributed by atoms with Crippen molar-refractivity contribution < 1.29 is 27.5 Å². The summed E-state index contributed by atoms with van der Waals surface area (Å²) in [5.41, 5.74) is 1.98. The van der Waals surface area contributed by atoms with Crippen molar-refractivity contribution in [2.75, 3.05) is 25.1 Å². The Morgan fingerprint density at radius 2 is 1.57 bits per heavy atom. The Hall–Kier alpha value is -4.05. The summed E-state index contributed by atoms with van der Waals surface area (Å²) in [5, 5.41) is 3.17. The molecule has 9 nitrogen and oxygen atoms in total. The van der Waals surface area contributed by atoms with Gasteiger partial charge in [0, 0.05) is 18.7 Å². The molecule has 236 valence electrons. The van der Waals surface area contributed by atoms with E-state index in [0.29, 0.717) is 17.9 Å². The Kier molecular flexibility index (Phi) is 11.3. The quantitative estimate of drug-likeness (QED) is 0.272. The Labute approximate surface area is 261 Å². The lowest BCUT2D eigenvalue weighted by molar-refractivity contribution is -0.140. The number of anilines is 1. The maximum atomic E-state index is 14.3. The van der Waals surface area contributed by atoms with Crippen molar-refractivity contribution in [3.63, 3.8) is 0 Å². The molecule has 0 saturated heterocycles. The lowest BCUT2D eigenvalue weighted by Crippen LogP contribution is -2.54. The van der Waals surface area contributed by atoms with Gasteiger partial charge in [0.1, 0.15) is 24.1 Å². The second kappa shape index (κ2) is 15.1. The summed E-state index contributed by atoms with van der Waals surface area (Å²) in [6, 6.07) is 19.7. The average molecular weight is 622 g/mol. The number of nitrogens with zero attached hydrogens (tertiary/aromatic N) is 2. The number of amides is 2. The van der Waals surface area contributed by atoms with E-state index < -0.39 is 28.5 Å².